The molecule has 0 rings (SSSR count). The second-order valence-electron chi connectivity index (χ2n) is 23.4. The Labute approximate surface area is 467 Å². The van der Waals surface area contributed by atoms with E-state index in [9.17, 15) is 19.4 Å². The lowest BCUT2D eigenvalue weighted by Gasteiger charge is -2.29. The van der Waals surface area contributed by atoms with E-state index < -0.39 is 26.6 Å². The molecule has 0 aromatic carbocycles. The predicted octanol–water partition coefficient (Wildman–Crippen LogP) is 19.6. The van der Waals surface area contributed by atoms with Gasteiger partial charge in [-0.25, -0.2) is 0 Å². The second-order valence-corrected chi connectivity index (χ2v) is 24.9. The summed E-state index contributed by atoms with van der Waals surface area (Å²) in [6.07, 6.45) is 76.5. The van der Waals surface area contributed by atoms with Crippen molar-refractivity contribution in [3.63, 3.8) is 0 Å². The molecule has 0 aliphatic rings. The number of hydrogen-bond donors (Lipinski definition) is 2. The number of nitrogens with one attached hydrogen (secondary N) is 1. The van der Waals surface area contributed by atoms with E-state index in [1.165, 1.54) is 250 Å². The fourth-order valence-electron chi connectivity index (χ4n) is 9.65. The number of phosphoric ester groups is 1. The van der Waals surface area contributed by atoms with Gasteiger partial charge in [0, 0.05) is 6.42 Å². The molecule has 0 bridgehead atoms. The molecule has 0 radical (unpaired) electrons. The van der Waals surface area contributed by atoms with Crippen molar-refractivity contribution in [1.82, 2.24) is 5.32 Å². The van der Waals surface area contributed by atoms with Crippen molar-refractivity contribution >= 4 is 13.7 Å². The van der Waals surface area contributed by atoms with E-state index in [4.69, 9.17) is 9.05 Å². The maximum absolute atomic E-state index is 13.0. The number of carbonyl (C=O) groups excluding carboxylic acids is 1. The van der Waals surface area contributed by atoms with Crippen molar-refractivity contribution in [2.45, 2.75) is 328 Å². The van der Waals surface area contributed by atoms with Crippen molar-refractivity contribution in [3.8, 4) is 0 Å². The number of nitrogens with zero attached hydrogens (tertiary/aromatic N) is 1. The van der Waals surface area contributed by atoms with Crippen molar-refractivity contribution in [2.24, 2.45) is 0 Å². The highest BCUT2D eigenvalue weighted by Crippen LogP contribution is 2.38. The van der Waals surface area contributed by atoms with Crippen LogP contribution in [0.15, 0.2) is 48.6 Å². The summed E-state index contributed by atoms with van der Waals surface area (Å²) in [5, 5.41) is 13.9. The first-order chi connectivity index (χ1) is 36.5. The molecule has 3 unspecified atom stereocenters. The molecule has 2 N–H and O–H groups in total. The topological polar surface area (TPSA) is 108 Å². The van der Waals surface area contributed by atoms with Gasteiger partial charge in [-0.05, 0) is 70.6 Å². The number of carbonyl (C=O) groups is 1. The number of hydrogen-bond acceptors (Lipinski definition) is 6. The zero-order valence-electron chi connectivity index (χ0n) is 50.5. The molecule has 0 spiro atoms. The molecular formula is C66H127N2O6P. The van der Waals surface area contributed by atoms with Crippen LogP contribution < -0.4 is 10.2 Å². The number of rotatable bonds is 60. The van der Waals surface area contributed by atoms with Gasteiger partial charge in [0.2, 0.25) is 5.91 Å². The number of amides is 1. The molecule has 0 aliphatic carbocycles. The summed E-state index contributed by atoms with van der Waals surface area (Å²) in [6, 6.07) is -0.913. The van der Waals surface area contributed by atoms with Gasteiger partial charge >= 0.3 is 0 Å². The highest BCUT2D eigenvalue weighted by atomic mass is 31.2. The molecule has 0 fully saturated rings. The molecule has 0 aliphatic heterocycles. The molecule has 0 saturated heterocycles. The summed E-state index contributed by atoms with van der Waals surface area (Å²) < 4.78 is 23.4. The Morgan fingerprint density at radius 1 is 0.453 bits per heavy atom. The molecule has 8 nitrogen and oxygen atoms in total. The van der Waals surface area contributed by atoms with E-state index in [1.54, 1.807) is 6.08 Å². The van der Waals surface area contributed by atoms with Crippen molar-refractivity contribution in [2.75, 3.05) is 40.9 Å². The number of allylic oxidation sites excluding steroid dienone is 7. The van der Waals surface area contributed by atoms with Gasteiger partial charge in [0.15, 0.2) is 0 Å². The molecule has 0 aromatic rings. The highest BCUT2D eigenvalue weighted by molar-refractivity contribution is 7.45. The van der Waals surface area contributed by atoms with Gasteiger partial charge in [-0.15, -0.1) is 0 Å². The Bertz CT molecular complexity index is 1360. The first kappa shape index (κ1) is 73.5. The molecule has 442 valence electrons. The summed E-state index contributed by atoms with van der Waals surface area (Å²) in [7, 11) is 1.24. The molecule has 0 saturated carbocycles. The summed E-state index contributed by atoms with van der Waals surface area (Å²) in [4.78, 5) is 25.5. The van der Waals surface area contributed by atoms with Gasteiger partial charge < -0.3 is 28.8 Å². The quantitative estimate of drug-likeness (QED) is 0.0272. The lowest BCUT2D eigenvalue weighted by Crippen LogP contribution is -2.45. The third-order valence-corrected chi connectivity index (χ3v) is 15.7. The summed E-state index contributed by atoms with van der Waals surface area (Å²) in [5.41, 5.74) is 0. The number of aliphatic hydroxyl groups is 1. The van der Waals surface area contributed by atoms with Crippen LogP contribution in [0.4, 0.5) is 0 Å². The van der Waals surface area contributed by atoms with Crippen LogP contribution in [0.3, 0.4) is 0 Å². The molecule has 0 aromatic heterocycles. The summed E-state index contributed by atoms with van der Waals surface area (Å²) >= 11 is 0. The van der Waals surface area contributed by atoms with Crippen LogP contribution in [0.2, 0.25) is 0 Å². The highest BCUT2D eigenvalue weighted by Gasteiger charge is 2.23. The molecule has 9 heteroatoms. The monoisotopic (exact) mass is 1070 g/mol. The van der Waals surface area contributed by atoms with E-state index >= 15 is 0 Å². The van der Waals surface area contributed by atoms with Gasteiger partial charge in [0.1, 0.15) is 13.2 Å². The standard InChI is InChI=1S/C66H127N2O6P/c1-6-8-10-12-14-16-18-20-22-24-26-28-29-30-31-32-33-34-35-36-37-38-40-41-43-45-47-49-51-53-55-57-59-65(69)64(63-74-75(71,72)73-62-61-68(3,4)5)67-66(70)60-58-56-54-52-50-48-46-44-42-39-27-25-23-21-19-17-15-13-11-9-7-2/h25,27,41,43,49,51,57,59,64-65,69H,6-24,26,28-40,42,44-48,50,52-56,58,60-63H2,1-5H3,(H-,67,70,71,72)/b27-25-,43-41+,51-49+,59-57+. The Hall–Kier alpha value is -1.54. The van der Waals surface area contributed by atoms with E-state index in [2.05, 4.69) is 55.6 Å². The number of likely N-dealkylation sites (N-methyl/N-ethyl adjacent to an activating group) is 1. The van der Waals surface area contributed by atoms with Crippen LogP contribution in [0.1, 0.15) is 316 Å². The lowest BCUT2D eigenvalue weighted by atomic mass is 10.0. The minimum atomic E-state index is -4.61. The largest absolute Gasteiger partial charge is 0.756 e. The summed E-state index contributed by atoms with van der Waals surface area (Å²) in [6.45, 7) is 4.66. The van der Waals surface area contributed by atoms with E-state index in [0.29, 0.717) is 17.4 Å². The Morgan fingerprint density at radius 3 is 1.08 bits per heavy atom. The first-order valence-electron chi connectivity index (χ1n) is 32.5. The van der Waals surface area contributed by atoms with Gasteiger partial charge in [-0.3, -0.25) is 9.36 Å². The van der Waals surface area contributed by atoms with Gasteiger partial charge in [0.25, 0.3) is 7.82 Å². The Kier molecular flexibility index (Phi) is 56.0. The van der Waals surface area contributed by atoms with Crippen LogP contribution in [0.25, 0.3) is 0 Å². The van der Waals surface area contributed by atoms with E-state index in [0.717, 1.165) is 44.9 Å². The predicted molar refractivity (Wildman–Crippen MR) is 325 cm³/mol. The van der Waals surface area contributed by atoms with E-state index in [1.807, 2.05) is 27.2 Å². The number of unbranched alkanes of at least 4 members (excludes halogenated alkanes) is 41. The molecule has 0 heterocycles. The number of aliphatic hydroxyl groups excluding tert-OH is 1. The normalized spacial score (nSPS) is 14.1. The Morgan fingerprint density at radius 2 is 0.747 bits per heavy atom. The maximum atomic E-state index is 13.0. The molecule has 3 atom stereocenters. The van der Waals surface area contributed by atoms with Crippen LogP contribution >= 0.6 is 7.82 Å². The Balaban J connectivity index is 4.17. The van der Waals surface area contributed by atoms with E-state index in [-0.39, 0.29) is 12.5 Å². The zero-order chi connectivity index (χ0) is 54.9. The zero-order valence-corrected chi connectivity index (χ0v) is 51.4. The van der Waals surface area contributed by atoms with Crippen LogP contribution in [-0.2, 0) is 18.4 Å². The third kappa shape index (κ3) is 60.0. The number of quaternary nitrogens is 1. The van der Waals surface area contributed by atoms with Crippen molar-refractivity contribution in [1.29, 1.82) is 0 Å². The SMILES string of the molecule is CCCCCCCCCC/C=C\CCCCCCCCCCCC(=O)NC(COP(=O)([O-])OCC[N+](C)(C)C)C(O)/C=C/CC/C=C/CC/C=C/CCCCCCCCCCCCCCCCCCCCCCCC. The minimum absolute atomic E-state index is 0.00959. The number of phosphoric acid groups is 1. The lowest BCUT2D eigenvalue weighted by molar-refractivity contribution is -0.870. The van der Waals surface area contributed by atoms with Crippen molar-refractivity contribution in [3.05, 3.63) is 48.6 Å². The first-order valence-corrected chi connectivity index (χ1v) is 34.0. The average Bonchev–Trinajstić information content (AvgIpc) is 3.37. The second kappa shape index (κ2) is 57.2. The third-order valence-electron chi connectivity index (χ3n) is 14.7. The van der Waals surface area contributed by atoms with Crippen LogP contribution in [0, 0.1) is 0 Å². The van der Waals surface area contributed by atoms with Crippen LogP contribution in [-0.4, -0.2) is 68.5 Å². The molecule has 1 amide bonds. The van der Waals surface area contributed by atoms with Crippen molar-refractivity contribution < 1.29 is 32.9 Å². The van der Waals surface area contributed by atoms with Gasteiger partial charge in [-0.1, -0.05) is 287 Å². The summed E-state index contributed by atoms with van der Waals surface area (Å²) in [5.74, 6) is -0.211. The fourth-order valence-corrected chi connectivity index (χ4v) is 10.4. The maximum Gasteiger partial charge on any atom is 0.268 e. The average molecular weight is 1080 g/mol. The fraction of sp³-hybridized carbons (Fsp3) is 0.864. The smallest absolute Gasteiger partial charge is 0.268 e. The van der Waals surface area contributed by atoms with Gasteiger partial charge in [-0.2, -0.15) is 0 Å². The molecule has 75 heavy (non-hydrogen) atoms. The minimum Gasteiger partial charge on any atom is -0.756 e. The van der Waals surface area contributed by atoms with Crippen LogP contribution in [0.5, 0.6) is 0 Å². The molecular weight excluding hydrogens is 948 g/mol. The van der Waals surface area contributed by atoms with Gasteiger partial charge in [0.05, 0.1) is 39.9 Å².